The first kappa shape index (κ1) is 17.7. The fraction of sp³-hybridized carbons (Fsp3) is 0.588. The summed E-state index contributed by atoms with van der Waals surface area (Å²) >= 11 is 0. The van der Waals surface area contributed by atoms with Crippen molar-refractivity contribution in [3.8, 4) is 0 Å². The quantitative estimate of drug-likeness (QED) is 0.279. The molecule has 0 spiro atoms. The van der Waals surface area contributed by atoms with Crippen molar-refractivity contribution in [2.45, 2.75) is 64.2 Å². The second-order valence-electron chi connectivity index (χ2n) is 4.94. The van der Waals surface area contributed by atoms with Gasteiger partial charge in [0, 0.05) is 5.57 Å². The van der Waals surface area contributed by atoms with Crippen LogP contribution >= 0.6 is 0 Å². The molecule has 19 heavy (non-hydrogen) atoms. The normalized spacial score (nSPS) is 10.7. The number of rotatable bonds is 13. The molecule has 0 aliphatic rings. The molecule has 0 amide bonds. The molecule has 0 atom stereocenters. The molecular weight excluding hydrogens is 236 g/mol. The van der Waals surface area contributed by atoms with Gasteiger partial charge in [0.05, 0.1) is 0 Å². The highest BCUT2D eigenvalue weighted by Crippen LogP contribution is 2.12. The minimum absolute atomic E-state index is 0.340. The number of carboxylic acid groups (broad SMARTS) is 1. The smallest absolute Gasteiger partial charge is 0.330 e. The number of unbranched alkanes of at least 4 members (excludes halogenated alkanes) is 8. The number of aliphatic carboxylic acids is 1. The van der Waals surface area contributed by atoms with Crippen LogP contribution in [-0.2, 0) is 4.79 Å². The Morgan fingerprint density at radius 1 is 0.947 bits per heavy atom. The average molecular weight is 264 g/mol. The molecule has 0 saturated heterocycles. The Labute approximate surface area is 117 Å². The second kappa shape index (κ2) is 13.1. The van der Waals surface area contributed by atoms with Crippen molar-refractivity contribution >= 4 is 5.97 Å². The van der Waals surface area contributed by atoms with Gasteiger partial charge in [-0.3, -0.25) is 0 Å². The largest absolute Gasteiger partial charge is 0.478 e. The van der Waals surface area contributed by atoms with Crippen molar-refractivity contribution in [3.63, 3.8) is 0 Å². The first-order valence-electron chi connectivity index (χ1n) is 7.37. The maximum Gasteiger partial charge on any atom is 0.330 e. The van der Waals surface area contributed by atoms with Crippen LogP contribution in [0.3, 0.4) is 0 Å². The maximum absolute atomic E-state index is 10.5. The molecule has 0 unspecified atom stereocenters. The minimum atomic E-state index is -0.856. The van der Waals surface area contributed by atoms with Crippen molar-refractivity contribution < 1.29 is 9.90 Å². The third-order valence-corrected chi connectivity index (χ3v) is 3.17. The molecule has 0 bridgehead atoms. The van der Waals surface area contributed by atoms with Crippen LogP contribution in [0.1, 0.15) is 64.2 Å². The molecule has 0 aromatic rings. The summed E-state index contributed by atoms with van der Waals surface area (Å²) in [7, 11) is 0. The van der Waals surface area contributed by atoms with Gasteiger partial charge in [0.25, 0.3) is 0 Å². The minimum Gasteiger partial charge on any atom is -0.478 e. The summed E-state index contributed by atoms with van der Waals surface area (Å²) in [5.74, 6) is -0.856. The zero-order valence-electron chi connectivity index (χ0n) is 12.1. The zero-order chi connectivity index (χ0) is 14.3. The Balaban J connectivity index is 3.15. The van der Waals surface area contributed by atoms with E-state index >= 15 is 0 Å². The van der Waals surface area contributed by atoms with Gasteiger partial charge in [-0.2, -0.15) is 0 Å². The molecule has 0 radical (unpaired) electrons. The molecule has 0 aliphatic heterocycles. The van der Waals surface area contributed by atoms with Gasteiger partial charge in [0.1, 0.15) is 0 Å². The molecule has 2 heteroatoms. The van der Waals surface area contributed by atoms with E-state index in [9.17, 15) is 4.79 Å². The predicted molar refractivity (Wildman–Crippen MR) is 82.3 cm³/mol. The lowest BCUT2D eigenvalue weighted by atomic mass is 10.0. The SMILES string of the molecule is C=CC=CCCCCCCCCCCC(=C)C(=O)O. The number of carbonyl (C=O) groups is 1. The van der Waals surface area contributed by atoms with Crippen LogP contribution in [0.25, 0.3) is 0 Å². The summed E-state index contributed by atoms with van der Waals surface area (Å²) in [5.41, 5.74) is 0.340. The van der Waals surface area contributed by atoms with E-state index in [1.54, 1.807) is 0 Å². The highest BCUT2D eigenvalue weighted by molar-refractivity contribution is 5.85. The van der Waals surface area contributed by atoms with Crippen molar-refractivity contribution in [3.05, 3.63) is 37.0 Å². The summed E-state index contributed by atoms with van der Waals surface area (Å²) in [6.07, 6.45) is 17.5. The van der Waals surface area contributed by atoms with E-state index in [1.807, 2.05) is 12.2 Å². The Morgan fingerprint density at radius 3 is 2.00 bits per heavy atom. The fourth-order valence-electron chi connectivity index (χ4n) is 1.96. The lowest BCUT2D eigenvalue weighted by Gasteiger charge is -2.02. The van der Waals surface area contributed by atoms with E-state index in [2.05, 4.69) is 19.2 Å². The predicted octanol–water partition coefficient (Wildman–Crippen LogP) is 5.27. The molecule has 108 valence electrons. The van der Waals surface area contributed by atoms with Crippen molar-refractivity contribution in [1.29, 1.82) is 0 Å². The molecule has 0 aliphatic carbocycles. The average Bonchev–Trinajstić information content (AvgIpc) is 2.39. The van der Waals surface area contributed by atoms with E-state index < -0.39 is 5.97 Å². The summed E-state index contributed by atoms with van der Waals surface area (Å²) in [6.45, 7) is 7.17. The third-order valence-electron chi connectivity index (χ3n) is 3.17. The topological polar surface area (TPSA) is 37.3 Å². The molecule has 1 N–H and O–H groups in total. The highest BCUT2D eigenvalue weighted by atomic mass is 16.4. The molecule has 0 saturated carbocycles. The third kappa shape index (κ3) is 12.9. The summed E-state index contributed by atoms with van der Waals surface area (Å²) < 4.78 is 0. The number of allylic oxidation sites excluding steroid dienone is 3. The van der Waals surface area contributed by atoms with E-state index in [0.717, 1.165) is 19.3 Å². The van der Waals surface area contributed by atoms with E-state index in [-0.39, 0.29) is 0 Å². The Bertz CT molecular complexity index is 290. The highest BCUT2D eigenvalue weighted by Gasteiger charge is 2.02. The Hall–Kier alpha value is -1.31. The lowest BCUT2D eigenvalue weighted by Crippen LogP contribution is -1.98. The molecule has 0 fully saturated rings. The molecule has 0 aromatic carbocycles. The van der Waals surface area contributed by atoms with Gasteiger partial charge in [-0.15, -0.1) is 0 Å². The number of hydrogen-bond acceptors (Lipinski definition) is 1. The van der Waals surface area contributed by atoms with Crippen LogP contribution in [0.4, 0.5) is 0 Å². The number of hydrogen-bond donors (Lipinski definition) is 1. The Morgan fingerprint density at radius 2 is 1.47 bits per heavy atom. The summed E-state index contributed by atoms with van der Waals surface area (Å²) in [5, 5.41) is 8.65. The van der Waals surface area contributed by atoms with Gasteiger partial charge in [-0.1, -0.05) is 69.9 Å². The molecule has 0 aromatic heterocycles. The lowest BCUT2D eigenvalue weighted by molar-refractivity contribution is -0.132. The van der Waals surface area contributed by atoms with E-state index in [0.29, 0.717) is 12.0 Å². The summed E-state index contributed by atoms with van der Waals surface area (Å²) in [6, 6.07) is 0. The maximum atomic E-state index is 10.5. The van der Waals surface area contributed by atoms with Gasteiger partial charge in [-0.25, -0.2) is 4.79 Å². The van der Waals surface area contributed by atoms with Crippen LogP contribution < -0.4 is 0 Å². The van der Waals surface area contributed by atoms with Gasteiger partial charge < -0.3 is 5.11 Å². The fourth-order valence-corrected chi connectivity index (χ4v) is 1.96. The van der Waals surface area contributed by atoms with E-state index in [4.69, 9.17) is 5.11 Å². The van der Waals surface area contributed by atoms with Crippen LogP contribution in [0, 0.1) is 0 Å². The first-order valence-corrected chi connectivity index (χ1v) is 7.37. The van der Waals surface area contributed by atoms with Gasteiger partial charge in [0.2, 0.25) is 0 Å². The van der Waals surface area contributed by atoms with Crippen molar-refractivity contribution in [2.75, 3.05) is 0 Å². The molecular formula is C17H28O2. The van der Waals surface area contributed by atoms with Crippen molar-refractivity contribution in [2.24, 2.45) is 0 Å². The van der Waals surface area contributed by atoms with Crippen LogP contribution in [0.2, 0.25) is 0 Å². The van der Waals surface area contributed by atoms with Gasteiger partial charge in [-0.05, 0) is 25.7 Å². The van der Waals surface area contributed by atoms with Gasteiger partial charge >= 0.3 is 5.97 Å². The van der Waals surface area contributed by atoms with Crippen LogP contribution in [0.15, 0.2) is 37.0 Å². The first-order chi connectivity index (χ1) is 9.18. The van der Waals surface area contributed by atoms with E-state index in [1.165, 1.54) is 38.5 Å². The summed E-state index contributed by atoms with van der Waals surface area (Å²) in [4.78, 5) is 10.5. The molecule has 0 heterocycles. The van der Waals surface area contributed by atoms with Crippen LogP contribution in [-0.4, -0.2) is 11.1 Å². The zero-order valence-corrected chi connectivity index (χ0v) is 12.1. The molecule has 0 rings (SSSR count). The molecule has 2 nitrogen and oxygen atoms in total. The number of carboxylic acids is 1. The van der Waals surface area contributed by atoms with Crippen LogP contribution in [0.5, 0.6) is 0 Å². The standard InChI is InChI=1S/C17H28O2/c1-3-4-5-6-7-8-9-10-11-12-13-14-15-16(2)17(18)19/h3-5H,1-2,6-15H2,(H,18,19). The van der Waals surface area contributed by atoms with Gasteiger partial charge in [0.15, 0.2) is 0 Å². The van der Waals surface area contributed by atoms with Crippen molar-refractivity contribution in [1.82, 2.24) is 0 Å². The Kier molecular flexibility index (Phi) is 12.2. The second-order valence-corrected chi connectivity index (χ2v) is 4.94. The monoisotopic (exact) mass is 264 g/mol.